The SMILES string of the molecule is CCC#CC(C)C(C)c1cc(OC)c(Cl)cc1OC. The molecule has 2 nitrogen and oxygen atoms in total. The van der Waals surface area contributed by atoms with Crippen LogP contribution in [0.5, 0.6) is 11.5 Å². The first-order valence-corrected chi connectivity index (χ1v) is 6.82. The molecule has 0 heterocycles. The van der Waals surface area contributed by atoms with E-state index in [9.17, 15) is 0 Å². The van der Waals surface area contributed by atoms with Gasteiger partial charge in [-0.2, -0.15) is 0 Å². The largest absolute Gasteiger partial charge is 0.496 e. The summed E-state index contributed by atoms with van der Waals surface area (Å²) < 4.78 is 10.7. The Hall–Kier alpha value is -1.33. The van der Waals surface area contributed by atoms with Gasteiger partial charge in [-0.3, -0.25) is 0 Å². The standard InChI is InChI=1S/C16H21ClO2/c1-6-7-8-11(2)12(3)13-9-16(19-5)14(17)10-15(13)18-4/h9-12H,6H2,1-5H3. The van der Waals surface area contributed by atoms with Crippen LogP contribution < -0.4 is 9.47 Å². The summed E-state index contributed by atoms with van der Waals surface area (Å²) >= 11 is 6.12. The van der Waals surface area contributed by atoms with Crippen LogP contribution in [0.3, 0.4) is 0 Å². The van der Waals surface area contributed by atoms with Gasteiger partial charge in [0.2, 0.25) is 0 Å². The highest BCUT2D eigenvalue weighted by molar-refractivity contribution is 6.32. The van der Waals surface area contributed by atoms with E-state index >= 15 is 0 Å². The molecule has 0 N–H and O–H groups in total. The second kappa shape index (κ2) is 7.31. The smallest absolute Gasteiger partial charge is 0.138 e. The Morgan fingerprint density at radius 2 is 1.79 bits per heavy atom. The first kappa shape index (κ1) is 15.7. The van der Waals surface area contributed by atoms with Crippen LogP contribution in [0, 0.1) is 17.8 Å². The van der Waals surface area contributed by atoms with Crippen molar-refractivity contribution in [3.8, 4) is 23.3 Å². The molecular formula is C16H21ClO2. The third kappa shape index (κ3) is 3.81. The topological polar surface area (TPSA) is 18.5 Å². The molecular weight excluding hydrogens is 260 g/mol. The number of hydrogen-bond acceptors (Lipinski definition) is 2. The van der Waals surface area contributed by atoms with Crippen molar-refractivity contribution in [1.29, 1.82) is 0 Å². The van der Waals surface area contributed by atoms with Gasteiger partial charge in [0.25, 0.3) is 0 Å². The van der Waals surface area contributed by atoms with Crippen molar-refractivity contribution in [2.24, 2.45) is 5.92 Å². The van der Waals surface area contributed by atoms with E-state index in [1.54, 1.807) is 20.3 Å². The van der Waals surface area contributed by atoms with Gasteiger partial charge in [0.15, 0.2) is 0 Å². The van der Waals surface area contributed by atoms with E-state index in [0.717, 1.165) is 17.7 Å². The third-order valence-electron chi connectivity index (χ3n) is 3.25. The lowest BCUT2D eigenvalue weighted by Crippen LogP contribution is -2.06. The quantitative estimate of drug-likeness (QED) is 0.756. The monoisotopic (exact) mass is 280 g/mol. The summed E-state index contributed by atoms with van der Waals surface area (Å²) in [5.74, 6) is 8.33. The summed E-state index contributed by atoms with van der Waals surface area (Å²) in [6.45, 7) is 6.31. The minimum atomic E-state index is 0.250. The van der Waals surface area contributed by atoms with Crippen LogP contribution in [0.1, 0.15) is 38.7 Å². The highest BCUT2D eigenvalue weighted by atomic mass is 35.5. The second-order valence-electron chi connectivity index (χ2n) is 4.48. The molecule has 0 amide bonds. The molecule has 0 bridgehead atoms. The van der Waals surface area contributed by atoms with Crippen LogP contribution in [0.25, 0.3) is 0 Å². The Kier molecular flexibility index (Phi) is 6.05. The highest BCUT2D eigenvalue weighted by Crippen LogP contribution is 2.38. The number of methoxy groups -OCH3 is 2. The fraction of sp³-hybridized carbons (Fsp3) is 0.500. The summed E-state index contributed by atoms with van der Waals surface area (Å²) in [4.78, 5) is 0. The predicted molar refractivity (Wildman–Crippen MR) is 80.2 cm³/mol. The van der Waals surface area contributed by atoms with Gasteiger partial charge in [0.1, 0.15) is 11.5 Å². The van der Waals surface area contributed by atoms with Crippen LogP contribution in [-0.2, 0) is 0 Å². The van der Waals surface area contributed by atoms with Crippen LogP contribution in [-0.4, -0.2) is 14.2 Å². The first-order valence-electron chi connectivity index (χ1n) is 6.44. The maximum Gasteiger partial charge on any atom is 0.138 e. The number of ether oxygens (including phenoxy) is 2. The van der Waals surface area contributed by atoms with Crippen molar-refractivity contribution in [2.45, 2.75) is 33.1 Å². The van der Waals surface area contributed by atoms with Gasteiger partial charge in [0, 0.05) is 24.0 Å². The van der Waals surface area contributed by atoms with Crippen molar-refractivity contribution in [1.82, 2.24) is 0 Å². The van der Waals surface area contributed by atoms with Gasteiger partial charge >= 0.3 is 0 Å². The predicted octanol–water partition coefficient (Wildman–Crippen LogP) is 4.51. The van der Waals surface area contributed by atoms with E-state index in [2.05, 4.69) is 32.6 Å². The molecule has 1 rings (SSSR count). The Labute approximate surface area is 121 Å². The summed E-state index contributed by atoms with van der Waals surface area (Å²) in [7, 11) is 3.26. The molecule has 1 aromatic rings. The van der Waals surface area contributed by atoms with E-state index in [4.69, 9.17) is 21.1 Å². The highest BCUT2D eigenvalue weighted by Gasteiger charge is 2.19. The fourth-order valence-corrected chi connectivity index (χ4v) is 2.13. The lowest BCUT2D eigenvalue weighted by atomic mass is 9.88. The van der Waals surface area contributed by atoms with E-state index in [1.165, 1.54) is 0 Å². The molecule has 0 aromatic heterocycles. The third-order valence-corrected chi connectivity index (χ3v) is 3.55. The van der Waals surface area contributed by atoms with Crippen molar-refractivity contribution in [3.05, 3.63) is 22.7 Å². The van der Waals surface area contributed by atoms with Crippen LogP contribution in [0.15, 0.2) is 12.1 Å². The molecule has 3 heteroatoms. The average molecular weight is 281 g/mol. The maximum absolute atomic E-state index is 6.12. The molecule has 2 atom stereocenters. The molecule has 0 radical (unpaired) electrons. The molecule has 0 aliphatic carbocycles. The molecule has 0 fully saturated rings. The van der Waals surface area contributed by atoms with Crippen molar-refractivity contribution in [3.63, 3.8) is 0 Å². The van der Waals surface area contributed by atoms with E-state index < -0.39 is 0 Å². The molecule has 0 spiro atoms. The van der Waals surface area contributed by atoms with Gasteiger partial charge in [-0.25, -0.2) is 0 Å². The van der Waals surface area contributed by atoms with Crippen LogP contribution >= 0.6 is 11.6 Å². The van der Waals surface area contributed by atoms with E-state index in [0.29, 0.717) is 10.8 Å². The molecule has 0 saturated carbocycles. The number of hydrogen-bond donors (Lipinski definition) is 0. The van der Waals surface area contributed by atoms with Crippen LogP contribution in [0.4, 0.5) is 0 Å². The number of halogens is 1. The first-order chi connectivity index (χ1) is 9.04. The zero-order chi connectivity index (χ0) is 14.4. The molecule has 0 saturated heterocycles. The number of rotatable bonds is 4. The minimum absolute atomic E-state index is 0.250. The summed E-state index contributed by atoms with van der Waals surface area (Å²) in [6.07, 6.45) is 0.873. The maximum atomic E-state index is 6.12. The lowest BCUT2D eigenvalue weighted by molar-refractivity contribution is 0.393. The van der Waals surface area contributed by atoms with E-state index in [1.807, 2.05) is 6.07 Å². The normalized spacial score (nSPS) is 13.2. The average Bonchev–Trinajstić information content (AvgIpc) is 2.43. The van der Waals surface area contributed by atoms with Gasteiger partial charge < -0.3 is 9.47 Å². The second-order valence-corrected chi connectivity index (χ2v) is 4.89. The zero-order valence-electron chi connectivity index (χ0n) is 12.2. The summed E-state index contributed by atoms with van der Waals surface area (Å²) in [6, 6.07) is 3.74. The molecule has 2 unspecified atom stereocenters. The molecule has 1 aromatic carbocycles. The molecule has 0 aliphatic heterocycles. The van der Waals surface area contributed by atoms with Gasteiger partial charge in [0.05, 0.1) is 19.2 Å². The van der Waals surface area contributed by atoms with Crippen molar-refractivity contribution < 1.29 is 9.47 Å². The van der Waals surface area contributed by atoms with Crippen molar-refractivity contribution >= 4 is 11.6 Å². The molecule has 19 heavy (non-hydrogen) atoms. The van der Waals surface area contributed by atoms with Gasteiger partial charge in [-0.15, -0.1) is 5.92 Å². The Morgan fingerprint density at radius 3 is 2.32 bits per heavy atom. The zero-order valence-corrected chi connectivity index (χ0v) is 13.0. The summed E-state index contributed by atoms with van der Waals surface area (Å²) in [5, 5.41) is 0.558. The lowest BCUT2D eigenvalue weighted by Gasteiger charge is -2.20. The number of benzene rings is 1. The fourth-order valence-electron chi connectivity index (χ4n) is 1.90. The minimum Gasteiger partial charge on any atom is -0.496 e. The van der Waals surface area contributed by atoms with E-state index in [-0.39, 0.29) is 11.8 Å². The summed E-state index contributed by atoms with van der Waals surface area (Å²) in [5.41, 5.74) is 1.07. The van der Waals surface area contributed by atoms with Crippen molar-refractivity contribution in [2.75, 3.05) is 14.2 Å². The Bertz CT molecular complexity index is 486. The molecule has 104 valence electrons. The van der Waals surface area contributed by atoms with Gasteiger partial charge in [-0.05, 0) is 12.0 Å². The Morgan fingerprint density at radius 1 is 1.16 bits per heavy atom. The molecule has 0 aliphatic rings. The van der Waals surface area contributed by atoms with Crippen LogP contribution in [0.2, 0.25) is 5.02 Å². The Balaban J connectivity index is 3.16. The van der Waals surface area contributed by atoms with Gasteiger partial charge in [-0.1, -0.05) is 38.3 Å².